The van der Waals surface area contributed by atoms with Gasteiger partial charge in [0, 0.05) is 17.7 Å². The Kier molecular flexibility index (Phi) is 5.66. The Labute approximate surface area is 173 Å². The second-order valence-corrected chi connectivity index (χ2v) is 7.43. The molecule has 11 heteroatoms. The monoisotopic (exact) mass is 432 g/mol. The van der Waals surface area contributed by atoms with Crippen LogP contribution in [0.25, 0.3) is 0 Å². The minimum Gasteiger partial charge on any atom is -0.267 e. The van der Waals surface area contributed by atoms with E-state index in [-0.39, 0.29) is 22.0 Å². The highest BCUT2D eigenvalue weighted by Gasteiger charge is 2.23. The van der Waals surface area contributed by atoms with Gasteiger partial charge in [0.05, 0.1) is 31.0 Å². The van der Waals surface area contributed by atoms with E-state index in [9.17, 15) is 25.0 Å². The first-order valence-electron chi connectivity index (χ1n) is 8.17. The van der Waals surface area contributed by atoms with E-state index < -0.39 is 15.8 Å². The summed E-state index contributed by atoms with van der Waals surface area (Å²) in [7, 11) is 0. The molecular formula is C18H13ClN4O5S. The smallest absolute Gasteiger partial charge is 0.267 e. The number of carbonyl (C=O) groups is 1. The van der Waals surface area contributed by atoms with Crippen molar-refractivity contribution in [1.29, 1.82) is 0 Å². The fraction of sp³-hybridized carbons (Fsp3) is 0.111. The van der Waals surface area contributed by atoms with Crippen molar-refractivity contribution in [2.75, 3.05) is 0 Å². The molecule has 29 heavy (non-hydrogen) atoms. The molecule has 0 fully saturated rings. The van der Waals surface area contributed by atoms with Crippen molar-refractivity contribution in [3.05, 3.63) is 84.7 Å². The molecule has 148 valence electrons. The Morgan fingerprint density at radius 1 is 1.07 bits per heavy atom. The maximum atomic E-state index is 12.9. The summed E-state index contributed by atoms with van der Waals surface area (Å²) < 4.78 is 1.12. The molecule has 0 aliphatic carbocycles. The van der Waals surface area contributed by atoms with Gasteiger partial charge in [-0.3, -0.25) is 25.0 Å². The average molecular weight is 433 g/mol. The van der Waals surface area contributed by atoms with Crippen molar-refractivity contribution in [1.82, 2.24) is 9.78 Å². The lowest BCUT2D eigenvalue weighted by molar-refractivity contribution is -0.387. The van der Waals surface area contributed by atoms with Crippen LogP contribution in [0.3, 0.4) is 0 Å². The van der Waals surface area contributed by atoms with Crippen molar-refractivity contribution in [3.63, 3.8) is 0 Å². The second kappa shape index (κ2) is 8.02. The van der Waals surface area contributed by atoms with Gasteiger partial charge >= 0.3 is 0 Å². The molecule has 1 aromatic heterocycles. The molecule has 0 N–H and O–H groups in total. The molecule has 0 atom stereocenters. The Bertz CT molecular complexity index is 1160. The molecular weight excluding hydrogens is 420 g/mol. The van der Waals surface area contributed by atoms with Gasteiger partial charge in [-0.25, -0.2) is 0 Å². The molecule has 0 unspecified atom stereocenters. The predicted molar refractivity (Wildman–Crippen MR) is 107 cm³/mol. The molecule has 0 radical (unpaired) electrons. The van der Waals surface area contributed by atoms with Gasteiger partial charge in [0.1, 0.15) is 5.02 Å². The number of nitro groups is 2. The van der Waals surface area contributed by atoms with Crippen LogP contribution in [0, 0.1) is 34.1 Å². The van der Waals surface area contributed by atoms with Gasteiger partial charge in [-0.2, -0.15) is 9.78 Å². The number of para-hydroxylation sites is 1. The zero-order chi connectivity index (χ0) is 21.3. The lowest BCUT2D eigenvalue weighted by atomic mass is 10.2. The Hall–Kier alpha value is -3.24. The molecule has 1 heterocycles. The Balaban J connectivity index is 2.00. The molecule has 3 aromatic rings. The fourth-order valence-electron chi connectivity index (χ4n) is 2.69. The van der Waals surface area contributed by atoms with E-state index in [1.807, 2.05) is 0 Å². The SMILES string of the molecule is Cc1nn(C(=O)c2ccc(Cl)c([N+](=O)[O-])c2)c(C)c1Sc1ccccc1[N+](=O)[O-]. The average Bonchev–Trinajstić information content (AvgIpc) is 2.96. The van der Waals surface area contributed by atoms with Crippen LogP contribution < -0.4 is 0 Å². The van der Waals surface area contributed by atoms with Gasteiger partial charge in [-0.05, 0) is 32.0 Å². The van der Waals surface area contributed by atoms with E-state index in [0.29, 0.717) is 21.2 Å². The fourth-order valence-corrected chi connectivity index (χ4v) is 3.91. The van der Waals surface area contributed by atoms with E-state index >= 15 is 0 Å². The lowest BCUT2D eigenvalue weighted by Gasteiger charge is -2.06. The third-order valence-corrected chi connectivity index (χ3v) is 5.76. The van der Waals surface area contributed by atoms with Crippen LogP contribution in [0.2, 0.25) is 5.02 Å². The number of nitro benzene ring substituents is 2. The normalized spacial score (nSPS) is 10.7. The largest absolute Gasteiger partial charge is 0.288 e. The maximum Gasteiger partial charge on any atom is 0.288 e. The number of rotatable bonds is 5. The van der Waals surface area contributed by atoms with E-state index in [1.165, 1.54) is 18.2 Å². The van der Waals surface area contributed by atoms with Crippen molar-refractivity contribution >= 4 is 40.6 Å². The minimum atomic E-state index is -0.671. The molecule has 2 aromatic carbocycles. The van der Waals surface area contributed by atoms with Crippen molar-refractivity contribution in [3.8, 4) is 0 Å². The summed E-state index contributed by atoms with van der Waals surface area (Å²) in [5.41, 5.74) is 0.585. The Morgan fingerprint density at radius 3 is 2.38 bits per heavy atom. The van der Waals surface area contributed by atoms with Crippen LogP contribution >= 0.6 is 23.4 Å². The number of halogens is 1. The minimum absolute atomic E-state index is 0.0499. The third-order valence-electron chi connectivity index (χ3n) is 4.08. The molecule has 0 spiro atoms. The van der Waals surface area contributed by atoms with Crippen LogP contribution in [-0.2, 0) is 0 Å². The summed E-state index contributed by atoms with van der Waals surface area (Å²) in [5.74, 6) is -0.570. The van der Waals surface area contributed by atoms with Gasteiger partial charge < -0.3 is 0 Å². The summed E-state index contributed by atoms with van der Waals surface area (Å²) >= 11 is 6.93. The number of aromatic nitrogens is 2. The number of benzene rings is 2. The van der Waals surface area contributed by atoms with Gasteiger partial charge in [-0.1, -0.05) is 35.5 Å². The van der Waals surface area contributed by atoms with Gasteiger partial charge in [0.2, 0.25) is 0 Å². The molecule has 0 saturated carbocycles. The molecule has 3 rings (SSSR count). The molecule has 0 bridgehead atoms. The number of nitrogens with zero attached hydrogens (tertiary/aromatic N) is 4. The number of hydrogen-bond donors (Lipinski definition) is 0. The van der Waals surface area contributed by atoms with Gasteiger partial charge in [0.15, 0.2) is 0 Å². The molecule has 0 saturated heterocycles. The first-order chi connectivity index (χ1) is 13.7. The van der Waals surface area contributed by atoms with Gasteiger partial charge in [0.25, 0.3) is 17.3 Å². The number of carbonyl (C=O) groups excluding carboxylic acids is 1. The highest BCUT2D eigenvalue weighted by Crippen LogP contribution is 2.38. The van der Waals surface area contributed by atoms with Crippen LogP contribution in [0.4, 0.5) is 11.4 Å². The maximum absolute atomic E-state index is 12.9. The van der Waals surface area contributed by atoms with Crippen LogP contribution in [0.1, 0.15) is 21.7 Å². The molecule has 9 nitrogen and oxygen atoms in total. The highest BCUT2D eigenvalue weighted by molar-refractivity contribution is 7.99. The molecule has 0 aliphatic rings. The van der Waals surface area contributed by atoms with Crippen molar-refractivity contribution in [2.45, 2.75) is 23.6 Å². The summed E-state index contributed by atoms with van der Waals surface area (Å²) in [6.07, 6.45) is 0. The van der Waals surface area contributed by atoms with Crippen LogP contribution in [0.15, 0.2) is 52.3 Å². The quantitative estimate of drug-likeness (QED) is 0.418. The summed E-state index contributed by atoms with van der Waals surface area (Å²) in [5, 5.41) is 26.5. The zero-order valence-electron chi connectivity index (χ0n) is 15.2. The van der Waals surface area contributed by atoms with E-state index in [2.05, 4.69) is 5.10 Å². The first kappa shape index (κ1) is 20.5. The van der Waals surface area contributed by atoms with Crippen LogP contribution in [-0.4, -0.2) is 25.5 Å². The summed E-state index contributed by atoms with van der Waals surface area (Å²) in [6, 6.07) is 10.0. The van der Waals surface area contributed by atoms with Crippen molar-refractivity contribution < 1.29 is 14.6 Å². The number of hydrogen-bond acceptors (Lipinski definition) is 7. The van der Waals surface area contributed by atoms with E-state index in [0.717, 1.165) is 22.5 Å². The predicted octanol–water partition coefficient (Wildman–Crippen LogP) is 4.81. The lowest BCUT2D eigenvalue weighted by Crippen LogP contribution is -2.15. The Morgan fingerprint density at radius 2 is 1.72 bits per heavy atom. The zero-order valence-corrected chi connectivity index (χ0v) is 16.7. The first-order valence-corrected chi connectivity index (χ1v) is 9.36. The van der Waals surface area contributed by atoms with Crippen molar-refractivity contribution in [2.24, 2.45) is 0 Å². The second-order valence-electron chi connectivity index (χ2n) is 5.97. The molecule has 0 aliphatic heterocycles. The summed E-state index contributed by atoms with van der Waals surface area (Å²) in [4.78, 5) is 35.0. The number of aryl methyl sites for hydroxylation is 1. The van der Waals surface area contributed by atoms with E-state index in [4.69, 9.17) is 11.6 Å². The third kappa shape index (κ3) is 3.98. The topological polar surface area (TPSA) is 121 Å². The standard InChI is InChI=1S/C18H13ClN4O5S/c1-10-17(29-16-6-4-3-5-14(16)22(25)26)11(2)21(20-10)18(24)12-7-8-13(19)15(9-12)23(27)28/h3-9H,1-2H3. The molecule has 0 amide bonds. The van der Waals surface area contributed by atoms with Crippen LogP contribution in [0.5, 0.6) is 0 Å². The summed E-state index contributed by atoms with van der Waals surface area (Å²) in [6.45, 7) is 3.33. The van der Waals surface area contributed by atoms with Gasteiger partial charge in [-0.15, -0.1) is 0 Å². The highest BCUT2D eigenvalue weighted by atomic mass is 35.5. The van der Waals surface area contributed by atoms with E-state index in [1.54, 1.807) is 32.0 Å².